The number of morpholine rings is 1. The van der Waals surface area contributed by atoms with E-state index in [0.29, 0.717) is 49.0 Å². The van der Waals surface area contributed by atoms with Crippen LogP contribution in [0.5, 0.6) is 5.75 Å². The molecule has 38 heavy (non-hydrogen) atoms. The zero-order valence-electron chi connectivity index (χ0n) is 21.0. The van der Waals surface area contributed by atoms with Crippen LogP contribution in [0, 0.1) is 0 Å². The van der Waals surface area contributed by atoms with Crippen molar-refractivity contribution in [3.05, 3.63) is 77.9 Å². The molecule has 1 aliphatic heterocycles. The van der Waals surface area contributed by atoms with E-state index in [1.54, 1.807) is 30.3 Å². The molecule has 0 saturated carbocycles. The number of nitrogens with one attached hydrogen (secondary N) is 3. The van der Waals surface area contributed by atoms with Crippen molar-refractivity contribution in [3.63, 3.8) is 0 Å². The van der Waals surface area contributed by atoms with E-state index < -0.39 is 6.09 Å². The Kier molecular flexibility index (Phi) is 8.91. The molecular formula is C28H30N4O6. The maximum Gasteiger partial charge on any atom is 0.404 e. The topological polar surface area (TPSA) is 129 Å². The van der Waals surface area contributed by atoms with Gasteiger partial charge in [0.05, 0.1) is 32.6 Å². The Morgan fingerprint density at radius 1 is 0.921 bits per heavy atom. The molecular weight excluding hydrogens is 488 g/mol. The molecule has 3 aromatic carbocycles. The fourth-order valence-electron chi connectivity index (χ4n) is 4.05. The second kappa shape index (κ2) is 12.7. The van der Waals surface area contributed by atoms with Gasteiger partial charge >= 0.3 is 6.09 Å². The SMILES string of the molecule is COc1ccc(NC(=O)c2ccc(-c3ccc(CNC(=O)O)cc3)cc2)cc1NC(=O)CN1CCOCC1. The number of nitrogens with zero attached hydrogens (tertiary/aromatic N) is 1. The van der Waals surface area contributed by atoms with Gasteiger partial charge in [-0.05, 0) is 47.0 Å². The third-order valence-corrected chi connectivity index (χ3v) is 6.08. The van der Waals surface area contributed by atoms with Crippen LogP contribution in [0.15, 0.2) is 66.7 Å². The molecule has 10 heteroatoms. The van der Waals surface area contributed by atoms with Crippen molar-refractivity contribution >= 4 is 29.3 Å². The first-order valence-electron chi connectivity index (χ1n) is 12.2. The Morgan fingerprint density at radius 2 is 1.58 bits per heavy atom. The third-order valence-electron chi connectivity index (χ3n) is 6.08. The Hall–Kier alpha value is -4.41. The van der Waals surface area contributed by atoms with Crippen LogP contribution < -0.4 is 20.7 Å². The largest absolute Gasteiger partial charge is 0.495 e. The van der Waals surface area contributed by atoms with Crippen LogP contribution in [-0.2, 0) is 16.1 Å². The number of carbonyl (C=O) groups is 3. The predicted molar refractivity (Wildman–Crippen MR) is 144 cm³/mol. The summed E-state index contributed by atoms with van der Waals surface area (Å²) in [7, 11) is 1.52. The van der Waals surface area contributed by atoms with Crippen molar-refractivity contribution in [1.29, 1.82) is 0 Å². The lowest BCUT2D eigenvalue weighted by Crippen LogP contribution is -2.41. The summed E-state index contributed by atoms with van der Waals surface area (Å²) in [4.78, 5) is 38.1. The van der Waals surface area contributed by atoms with E-state index in [-0.39, 0.29) is 24.9 Å². The van der Waals surface area contributed by atoms with Gasteiger partial charge in [-0.15, -0.1) is 0 Å². The number of ether oxygens (including phenoxy) is 2. The number of methoxy groups -OCH3 is 1. The minimum atomic E-state index is -1.07. The molecule has 0 bridgehead atoms. The molecule has 0 unspecified atom stereocenters. The molecule has 3 amide bonds. The fourth-order valence-corrected chi connectivity index (χ4v) is 4.05. The summed E-state index contributed by atoms with van der Waals surface area (Å²) in [5, 5.41) is 16.8. The van der Waals surface area contributed by atoms with Crippen molar-refractivity contribution < 1.29 is 29.0 Å². The van der Waals surface area contributed by atoms with Gasteiger partial charge in [-0.1, -0.05) is 36.4 Å². The number of carboxylic acid groups (broad SMARTS) is 1. The molecule has 1 heterocycles. The van der Waals surface area contributed by atoms with E-state index in [2.05, 4.69) is 16.0 Å². The highest BCUT2D eigenvalue weighted by Crippen LogP contribution is 2.28. The lowest BCUT2D eigenvalue weighted by atomic mass is 10.0. The molecule has 0 aromatic heterocycles. The molecule has 0 spiro atoms. The summed E-state index contributed by atoms with van der Waals surface area (Å²) in [6.45, 7) is 3.11. The minimum Gasteiger partial charge on any atom is -0.495 e. The summed E-state index contributed by atoms with van der Waals surface area (Å²) in [6.07, 6.45) is -1.07. The fraction of sp³-hybridized carbons (Fsp3) is 0.250. The van der Waals surface area contributed by atoms with Gasteiger partial charge < -0.3 is 30.5 Å². The Labute approximate surface area is 220 Å². The monoisotopic (exact) mass is 518 g/mol. The quantitative estimate of drug-likeness (QED) is 0.340. The molecule has 4 rings (SSSR count). The van der Waals surface area contributed by atoms with E-state index in [4.69, 9.17) is 14.6 Å². The average molecular weight is 519 g/mol. The zero-order valence-corrected chi connectivity index (χ0v) is 21.0. The predicted octanol–water partition coefficient (Wildman–Crippen LogP) is 3.65. The van der Waals surface area contributed by atoms with Crippen LogP contribution in [0.3, 0.4) is 0 Å². The van der Waals surface area contributed by atoms with E-state index in [0.717, 1.165) is 16.7 Å². The summed E-state index contributed by atoms with van der Waals surface area (Å²) in [6, 6.07) is 19.8. The molecule has 1 saturated heterocycles. The van der Waals surface area contributed by atoms with Gasteiger partial charge in [-0.3, -0.25) is 14.5 Å². The second-order valence-electron chi connectivity index (χ2n) is 8.74. The van der Waals surface area contributed by atoms with Crippen LogP contribution in [0.1, 0.15) is 15.9 Å². The van der Waals surface area contributed by atoms with Gasteiger partial charge in [-0.25, -0.2) is 4.79 Å². The highest BCUT2D eigenvalue weighted by atomic mass is 16.5. The van der Waals surface area contributed by atoms with Crippen LogP contribution in [-0.4, -0.2) is 67.9 Å². The summed E-state index contributed by atoms with van der Waals surface area (Å²) < 4.78 is 10.7. The molecule has 10 nitrogen and oxygen atoms in total. The van der Waals surface area contributed by atoms with Crippen molar-refractivity contribution in [1.82, 2.24) is 10.2 Å². The number of hydrogen-bond donors (Lipinski definition) is 4. The highest BCUT2D eigenvalue weighted by Gasteiger charge is 2.16. The van der Waals surface area contributed by atoms with E-state index in [1.807, 2.05) is 41.3 Å². The second-order valence-corrected chi connectivity index (χ2v) is 8.74. The summed E-state index contributed by atoms with van der Waals surface area (Å²) in [5.74, 6) is 0.0327. The molecule has 0 radical (unpaired) electrons. The van der Waals surface area contributed by atoms with Crippen molar-refractivity contribution in [2.24, 2.45) is 0 Å². The minimum absolute atomic E-state index is 0.171. The zero-order chi connectivity index (χ0) is 26.9. The molecule has 1 aliphatic rings. The molecule has 198 valence electrons. The van der Waals surface area contributed by atoms with Gasteiger partial charge in [-0.2, -0.15) is 0 Å². The highest BCUT2D eigenvalue weighted by molar-refractivity contribution is 6.05. The standard InChI is InChI=1S/C28H30N4O6/c1-37-25-11-10-23(16-24(25)31-26(33)18-32-12-14-38-15-13-32)30-27(34)22-8-6-21(7-9-22)20-4-2-19(3-5-20)17-29-28(35)36/h2-11,16,29H,12-15,17-18H2,1H3,(H,30,34)(H,31,33)(H,35,36). The molecule has 3 aromatic rings. The third kappa shape index (κ3) is 7.31. The van der Waals surface area contributed by atoms with E-state index in [1.165, 1.54) is 7.11 Å². The number of rotatable bonds is 9. The van der Waals surface area contributed by atoms with Gasteiger partial charge in [0.2, 0.25) is 5.91 Å². The molecule has 0 aliphatic carbocycles. The number of amides is 3. The van der Waals surface area contributed by atoms with Gasteiger partial charge in [0.15, 0.2) is 0 Å². The van der Waals surface area contributed by atoms with Gasteiger partial charge in [0.25, 0.3) is 5.91 Å². The van der Waals surface area contributed by atoms with E-state index in [9.17, 15) is 14.4 Å². The van der Waals surface area contributed by atoms with Crippen LogP contribution in [0.4, 0.5) is 16.2 Å². The first-order chi connectivity index (χ1) is 18.4. The Bertz CT molecular complexity index is 1270. The average Bonchev–Trinajstić information content (AvgIpc) is 2.93. The smallest absolute Gasteiger partial charge is 0.404 e. The van der Waals surface area contributed by atoms with Crippen LogP contribution >= 0.6 is 0 Å². The number of carbonyl (C=O) groups excluding carboxylic acids is 2. The number of hydrogen-bond acceptors (Lipinski definition) is 6. The summed E-state index contributed by atoms with van der Waals surface area (Å²) >= 11 is 0. The number of benzene rings is 3. The molecule has 1 fully saturated rings. The molecule has 0 atom stereocenters. The first-order valence-corrected chi connectivity index (χ1v) is 12.2. The van der Waals surface area contributed by atoms with Gasteiger partial charge in [0, 0.05) is 30.9 Å². The molecule has 4 N–H and O–H groups in total. The maximum absolute atomic E-state index is 12.9. The lowest BCUT2D eigenvalue weighted by molar-refractivity contribution is -0.118. The van der Waals surface area contributed by atoms with E-state index >= 15 is 0 Å². The van der Waals surface area contributed by atoms with Crippen molar-refractivity contribution in [2.45, 2.75) is 6.54 Å². The van der Waals surface area contributed by atoms with Crippen LogP contribution in [0.2, 0.25) is 0 Å². The maximum atomic E-state index is 12.9. The number of anilines is 2. The Balaban J connectivity index is 1.38. The lowest BCUT2D eigenvalue weighted by Gasteiger charge is -2.26. The van der Waals surface area contributed by atoms with Crippen molar-refractivity contribution in [3.8, 4) is 16.9 Å². The van der Waals surface area contributed by atoms with Gasteiger partial charge in [0.1, 0.15) is 5.75 Å². The normalized spacial score (nSPS) is 13.4. The van der Waals surface area contributed by atoms with Crippen molar-refractivity contribution in [2.75, 3.05) is 50.6 Å². The summed E-state index contributed by atoms with van der Waals surface area (Å²) in [5.41, 5.74) is 4.19. The van der Waals surface area contributed by atoms with Crippen LogP contribution in [0.25, 0.3) is 11.1 Å². The Morgan fingerprint density at radius 3 is 2.21 bits per heavy atom. The first kappa shape index (κ1) is 26.6.